The second-order valence-electron chi connectivity index (χ2n) is 9.92. The van der Waals surface area contributed by atoms with E-state index in [2.05, 4.69) is 55.5 Å². The van der Waals surface area contributed by atoms with Crippen molar-refractivity contribution in [1.29, 1.82) is 0 Å². The molecule has 0 aliphatic carbocycles. The minimum absolute atomic E-state index is 0.250. The number of para-hydroxylation sites is 6. The fraction of sp³-hybridized carbons (Fsp3) is 0.0556. The third-order valence-electron chi connectivity index (χ3n) is 7.12. The maximum atomic E-state index is 8.12. The highest BCUT2D eigenvalue weighted by atomic mass is 16.3. The van der Waals surface area contributed by atoms with Gasteiger partial charge in [-0.25, -0.2) is 15.0 Å². The van der Waals surface area contributed by atoms with Crippen LogP contribution in [0.3, 0.4) is 0 Å². The lowest BCUT2D eigenvalue weighted by Gasteiger charge is -2.06. The van der Waals surface area contributed by atoms with E-state index < -0.39 is 0 Å². The van der Waals surface area contributed by atoms with E-state index in [1.807, 2.05) is 105 Å². The average Bonchev–Trinajstić information content (AvgIpc) is 3.74. The zero-order valence-corrected chi connectivity index (χ0v) is 24.1. The molecule has 0 saturated carbocycles. The summed E-state index contributed by atoms with van der Waals surface area (Å²) in [5.74, 6) is 2.60. The Balaban J connectivity index is 0.000000155. The van der Waals surface area contributed by atoms with Gasteiger partial charge in [-0.15, -0.1) is 0 Å². The molecule has 3 heterocycles. The van der Waals surface area contributed by atoms with Crippen molar-refractivity contribution in [2.75, 3.05) is 0 Å². The second kappa shape index (κ2) is 12.4. The summed E-state index contributed by atoms with van der Waals surface area (Å²) < 4.78 is 10.2. The van der Waals surface area contributed by atoms with Crippen molar-refractivity contribution in [3.8, 4) is 22.8 Å². The van der Waals surface area contributed by atoms with Crippen molar-refractivity contribution in [2.24, 2.45) is 0 Å². The van der Waals surface area contributed by atoms with Crippen molar-refractivity contribution < 1.29 is 14.0 Å². The number of carbonyl (C=O) groups excluding carboxylic acids is 2. The molecular weight excluding hydrogens is 550 g/mol. The Labute approximate surface area is 252 Å². The fourth-order valence-electron chi connectivity index (χ4n) is 5.28. The summed E-state index contributed by atoms with van der Waals surface area (Å²) >= 11 is 0. The zero-order chi connectivity index (χ0) is 30.5. The Morgan fingerprint density at radius 3 is 1.66 bits per heavy atom. The van der Waals surface area contributed by atoms with Gasteiger partial charge in [0.1, 0.15) is 17.2 Å². The topological polar surface area (TPSA) is 95.8 Å². The highest BCUT2D eigenvalue weighted by Gasteiger charge is 2.13. The predicted octanol–water partition coefficient (Wildman–Crippen LogP) is 7.89. The van der Waals surface area contributed by atoms with E-state index in [0.717, 1.165) is 61.8 Å². The molecule has 44 heavy (non-hydrogen) atoms. The van der Waals surface area contributed by atoms with Crippen molar-refractivity contribution in [1.82, 2.24) is 24.1 Å². The molecule has 8 aromatic rings. The first-order valence-corrected chi connectivity index (χ1v) is 14.0. The van der Waals surface area contributed by atoms with Crippen molar-refractivity contribution in [3.05, 3.63) is 139 Å². The van der Waals surface area contributed by atoms with Gasteiger partial charge in [-0.2, -0.15) is 9.59 Å². The molecule has 0 bridgehead atoms. The molecular formula is C36H27N5O3. The number of hydrogen-bond donors (Lipinski definition) is 0. The Morgan fingerprint density at radius 1 is 0.545 bits per heavy atom. The van der Waals surface area contributed by atoms with Crippen molar-refractivity contribution in [3.63, 3.8) is 0 Å². The molecule has 0 N–H and O–H groups in total. The Bertz CT molecular complexity index is 2190. The zero-order valence-electron chi connectivity index (χ0n) is 24.1. The normalized spacial score (nSPS) is 10.6. The van der Waals surface area contributed by atoms with Gasteiger partial charge in [-0.05, 0) is 80.6 Å². The Kier molecular flexibility index (Phi) is 7.90. The van der Waals surface area contributed by atoms with Crippen LogP contribution in [0.25, 0.3) is 56.0 Å². The van der Waals surface area contributed by atoms with Gasteiger partial charge in [0.15, 0.2) is 5.58 Å². The molecule has 0 unspecified atom stereocenters. The number of imidazole rings is 2. The van der Waals surface area contributed by atoms with E-state index in [0.29, 0.717) is 5.89 Å². The first-order valence-electron chi connectivity index (χ1n) is 14.0. The number of hydrogen-bond acceptors (Lipinski definition) is 6. The van der Waals surface area contributed by atoms with Crippen LogP contribution in [0.1, 0.15) is 11.6 Å². The molecule has 3 aromatic heterocycles. The van der Waals surface area contributed by atoms with Gasteiger partial charge < -0.3 is 4.42 Å². The quantitative estimate of drug-likeness (QED) is 0.212. The molecule has 0 saturated heterocycles. The summed E-state index contributed by atoms with van der Waals surface area (Å²) in [6, 6.07) is 42.7. The molecule has 0 aliphatic heterocycles. The third-order valence-corrected chi connectivity index (χ3v) is 7.12. The number of oxazole rings is 1. The van der Waals surface area contributed by atoms with Gasteiger partial charge in [0.25, 0.3) is 0 Å². The molecule has 0 spiro atoms. The molecule has 8 heteroatoms. The molecule has 8 nitrogen and oxygen atoms in total. The lowest BCUT2D eigenvalue weighted by molar-refractivity contribution is -0.191. The van der Waals surface area contributed by atoms with Crippen LogP contribution in [-0.2, 0) is 9.59 Å². The minimum atomic E-state index is 0.250. The van der Waals surface area contributed by atoms with Gasteiger partial charge in [0, 0.05) is 16.9 Å². The summed E-state index contributed by atoms with van der Waals surface area (Å²) in [6.45, 7) is 4.05. The van der Waals surface area contributed by atoms with Gasteiger partial charge in [0.2, 0.25) is 5.89 Å². The highest BCUT2D eigenvalue weighted by molar-refractivity contribution is 5.84. The smallest absolute Gasteiger partial charge is 0.373 e. The molecule has 0 aliphatic rings. The molecule has 0 radical (unpaired) electrons. The van der Waals surface area contributed by atoms with E-state index in [-0.39, 0.29) is 6.15 Å². The average molecular weight is 578 g/mol. The largest absolute Gasteiger partial charge is 0.436 e. The van der Waals surface area contributed by atoms with Crippen LogP contribution < -0.4 is 0 Å². The van der Waals surface area contributed by atoms with Crippen LogP contribution in [0.5, 0.6) is 0 Å². The number of fused-ring (bicyclic) bond motifs is 3. The van der Waals surface area contributed by atoms with E-state index in [1.54, 1.807) is 0 Å². The summed E-state index contributed by atoms with van der Waals surface area (Å²) in [7, 11) is 0. The van der Waals surface area contributed by atoms with Crippen LogP contribution >= 0.6 is 0 Å². The molecule has 0 amide bonds. The van der Waals surface area contributed by atoms with Gasteiger partial charge in [-0.3, -0.25) is 9.13 Å². The SMILES string of the molecule is Cc1nc2cc(-c3nc4ccccc4o3)ccc2n1-c1ccccc1.Cc1nc2ccccc2n1-c1ccccc1.O=C=O. The standard InChI is InChI=1S/C21H15N3O.C14H12N2.CO2/c1-14-22-18-13-15(21-23-17-9-5-6-10-20(17)25-21)11-12-19(18)24(14)16-7-3-2-4-8-16;1-11-15-13-9-5-6-10-14(13)16(11)12-7-3-2-4-8-12;2-1-3/h2-13H,1H3;2-10H,1H3;. The van der Waals surface area contributed by atoms with Crippen LogP contribution in [0.15, 0.2) is 132 Å². The summed E-state index contributed by atoms with van der Waals surface area (Å²) in [5, 5.41) is 0. The van der Waals surface area contributed by atoms with Crippen LogP contribution in [-0.4, -0.2) is 30.2 Å². The van der Waals surface area contributed by atoms with E-state index >= 15 is 0 Å². The molecule has 0 fully saturated rings. The first kappa shape index (κ1) is 28.0. The monoisotopic (exact) mass is 577 g/mol. The lowest BCUT2D eigenvalue weighted by atomic mass is 10.2. The summed E-state index contributed by atoms with van der Waals surface area (Å²) in [6.07, 6.45) is 0.250. The highest BCUT2D eigenvalue weighted by Crippen LogP contribution is 2.29. The number of benzene rings is 5. The summed E-state index contributed by atoms with van der Waals surface area (Å²) in [4.78, 5) is 30.1. The maximum Gasteiger partial charge on any atom is 0.373 e. The van der Waals surface area contributed by atoms with Crippen molar-refractivity contribution in [2.45, 2.75) is 13.8 Å². The van der Waals surface area contributed by atoms with Gasteiger partial charge >= 0.3 is 6.15 Å². The Hall–Kier alpha value is -6.11. The molecule has 8 rings (SSSR count). The fourth-order valence-corrected chi connectivity index (χ4v) is 5.28. The van der Waals surface area contributed by atoms with Crippen molar-refractivity contribution >= 4 is 39.3 Å². The van der Waals surface area contributed by atoms with Crippen LogP contribution in [0.4, 0.5) is 0 Å². The van der Waals surface area contributed by atoms with E-state index in [4.69, 9.17) is 19.0 Å². The Morgan fingerprint density at radius 2 is 1.05 bits per heavy atom. The number of aryl methyl sites for hydroxylation is 2. The van der Waals surface area contributed by atoms with E-state index in [1.165, 1.54) is 0 Å². The van der Waals surface area contributed by atoms with Crippen LogP contribution in [0.2, 0.25) is 0 Å². The lowest BCUT2D eigenvalue weighted by Crippen LogP contribution is -1.95. The molecule has 5 aromatic carbocycles. The maximum absolute atomic E-state index is 8.12. The molecule has 0 atom stereocenters. The number of aromatic nitrogens is 5. The predicted molar refractivity (Wildman–Crippen MR) is 170 cm³/mol. The first-order chi connectivity index (χ1) is 21.6. The van der Waals surface area contributed by atoms with E-state index in [9.17, 15) is 0 Å². The van der Waals surface area contributed by atoms with Gasteiger partial charge in [0.05, 0.1) is 22.1 Å². The summed E-state index contributed by atoms with van der Waals surface area (Å²) in [5.41, 5.74) is 9.07. The number of nitrogens with zero attached hydrogens (tertiary/aromatic N) is 5. The molecule has 214 valence electrons. The third kappa shape index (κ3) is 5.53. The second-order valence-corrected chi connectivity index (χ2v) is 9.92. The van der Waals surface area contributed by atoms with Gasteiger partial charge in [-0.1, -0.05) is 60.7 Å². The number of rotatable bonds is 3. The van der Waals surface area contributed by atoms with Crippen LogP contribution in [0, 0.1) is 13.8 Å². The minimum Gasteiger partial charge on any atom is -0.436 e.